The molecular formula is C23H25F2N7O3. The van der Waals surface area contributed by atoms with Gasteiger partial charge < -0.3 is 19.7 Å². The molecule has 2 saturated heterocycles. The van der Waals surface area contributed by atoms with Gasteiger partial charge in [-0.2, -0.15) is 10.2 Å². The molecule has 2 unspecified atom stereocenters. The Hall–Kier alpha value is -3.41. The van der Waals surface area contributed by atoms with Crippen LogP contribution in [-0.4, -0.2) is 61.9 Å². The number of amides is 1. The average Bonchev–Trinajstić information content (AvgIpc) is 3.66. The summed E-state index contributed by atoms with van der Waals surface area (Å²) in [5, 5.41) is 10.9. The van der Waals surface area contributed by atoms with Gasteiger partial charge >= 0.3 is 0 Å². The summed E-state index contributed by atoms with van der Waals surface area (Å²) in [6.45, 7) is 1.40. The fourth-order valence-corrected chi connectivity index (χ4v) is 5.40. The number of carbonyl (C=O) groups is 2. The van der Waals surface area contributed by atoms with Crippen LogP contribution in [0.5, 0.6) is 0 Å². The van der Waals surface area contributed by atoms with Gasteiger partial charge in [-0.3, -0.25) is 9.48 Å². The largest absolute Gasteiger partial charge is 0.374 e. The predicted octanol–water partition coefficient (Wildman–Crippen LogP) is 3.02. The number of ether oxygens (including phenoxy) is 1. The molecule has 2 aliphatic heterocycles. The highest BCUT2D eigenvalue weighted by molar-refractivity contribution is 6.08. The van der Waals surface area contributed by atoms with Crippen molar-refractivity contribution in [1.82, 2.24) is 24.4 Å². The Balaban J connectivity index is 1.25. The molecule has 1 saturated carbocycles. The zero-order valence-corrected chi connectivity index (χ0v) is 18.9. The lowest BCUT2D eigenvalue weighted by molar-refractivity contribution is -0.112. The molecule has 1 aliphatic carbocycles. The van der Waals surface area contributed by atoms with Crippen LogP contribution in [0.15, 0.2) is 24.7 Å². The number of hydrogen-bond donors (Lipinski definition) is 1. The van der Waals surface area contributed by atoms with Crippen molar-refractivity contribution in [2.45, 2.75) is 56.7 Å². The monoisotopic (exact) mass is 485 g/mol. The molecule has 3 aromatic heterocycles. The first kappa shape index (κ1) is 22.1. The molecule has 2 bridgehead atoms. The van der Waals surface area contributed by atoms with Crippen LogP contribution in [0.1, 0.15) is 60.6 Å². The van der Waals surface area contributed by atoms with Crippen LogP contribution in [0.2, 0.25) is 0 Å². The van der Waals surface area contributed by atoms with E-state index in [1.54, 1.807) is 6.20 Å². The van der Waals surface area contributed by atoms with E-state index in [0.717, 1.165) is 25.1 Å². The number of morpholine rings is 1. The minimum Gasteiger partial charge on any atom is -0.374 e. The van der Waals surface area contributed by atoms with Crippen LogP contribution in [0.25, 0.3) is 5.65 Å². The van der Waals surface area contributed by atoms with Crippen molar-refractivity contribution < 1.29 is 23.1 Å². The van der Waals surface area contributed by atoms with E-state index in [4.69, 9.17) is 4.74 Å². The number of fused-ring (bicyclic) bond motifs is 3. The number of nitrogens with one attached hydrogen (secondary N) is 1. The molecule has 0 aromatic carbocycles. The molecule has 0 spiro atoms. The highest BCUT2D eigenvalue weighted by Crippen LogP contribution is 2.35. The van der Waals surface area contributed by atoms with Crippen molar-refractivity contribution >= 4 is 29.3 Å². The molecule has 3 fully saturated rings. The second-order valence-corrected chi connectivity index (χ2v) is 9.48. The molecule has 184 valence electrons. The fourth-order valence-electron chi connectivity index (χ4n) is 5.40. The Labute approximate surface area is 199 Å². The summed E-state index contributed by atoms with van der Waals surface area (Å²) in [5.41, 5.74) is 0.0230. The maximum Gasteiger partial charge on any atom is 0.284 e. The van der Waals surface area contributed by atoms with Gasteiger partial charge in [0.25, 0.3) is 12.3 Å². The van der Waals surface area contributed by atoms with E-state index in [-0.39, 0.29) is 35.4 Å². The Morgan fingerprint density at radius 1 is 1.23 bits per heavy atom. The molecule has 10 nitrogen and oxygen atoms in total. The second-order valence-electron chi connectivity index (χ2n) is 9.48. The molecule has 3 aliphatic rings. The highest BCUT2D eigenvalue weighted by Gasteiger charge is 2.39. The third kappa shape index (κ3) is 3.95. The van der Waals surface area contributed by atoms with Crippen LogP contribution in [0, 0.1) is 5.92 Å². The zero-order chi connectivity index (χ0) is 24.1. The molecule has 1 amide bonds. The van der Waals surface area contributed by atoms with Crippen molar-refractivity contribution in [3.05, 3.63) is 35.9 Å². The van der Waals surface area contributed by atoms with Gasteiger partial charge in [-0.1, -0.05) is 0 Å². The summed E-state index contributed by atoms with van der Waals surface area (Å²) in [5.74, 6) is 0.156. The average molecular weight is 485 g/mol. The first-order valence-corrected chi connectivity index (χ1v) is 11.9. The summed E-state index contributed by atoms with van der Waals surface area (Å²) in [4.78, 5) is 31.0. The van der Waals surface area contributed by atoms with Crippen molar-refractivity contribution in [3.63, 3.8) is 0 Å². The van der Waals surface area contributed by atoms with E-state index >= 15 is 0 Å². The van der Waals surface area contributed by atoms with Gasteiger partial charge in [0.15, 0.2) is 11.3 Å². The van der Waals surface area contributed by atoms with Crippen molar-refractivity contribution in [3.8, 4) is 0 Å². The zero-order valence-electron chi connectivity index (χ0n) is 18.9. The first-order chi connectivity index (χ1) is 17.0. The molecule has 35 heavy (non-hydrogen) atoms. The number of aromatic nitrogens is 5. The van der Waals surface area contributed by atoms with Crippen molar-refractivity contribution in [2.75, 3.05) is 23.4 Å². The van der Waals surface area contributed by atoms with E-state index in [2.05, 4.69) is 25.4 Å². The normalized spacial score (nSPS) is 26.1. The number of anilines is 2. The predicted molar refractivity (Wildman–Crippen MR) is 121 cm³/mol. The van der Waals surface area contributed by atoms with Crippen LogP contribution >= 0.6 is 0 Å². The van der Waals surface area contributed by atoms with Crippen LogP contribution in [0.3, 0.4) is 0 Å². The molecule has 6 rings (SSSR count). The SMILES string of the molecule is O=C[C@H]1CC[C@H](n2cc(NC(=O)c3cnn4ccc(N5CC6CC5CO6)nc34)c(C(F)F)n2)CC1. The van der Waals surface area contributed by atoms with Crippen LogP contribution in [0.4, 0.5) is 20.3 Å². The number of rotatable bonds is 6. The summed E-state index contributed by atoms with van der Waals surface area (Å²) in [7, 11) is 0. The van der Waals surface area contributed by atoms with Crippen LogP contribution < -0.4 is 10.2 Å². The van der Waals surface area contributed by atoms with Gasteiger partial charge in [-0.15, -0.1) is 0 Å². The lowest BCUT2D eigenvalue weighted by Gasteiger charge is -2.27. The van der Waals surface area contributed by atoms with Crippen molar-refractivity contribution in [1.29, 1.82) is 0 Å². The Morgan fingerprint density at radius 3 is 2.74 bits per heavy atom. The maximum absolute atomic E-state index is 13.8. The topological polar surface area (TPSA) is 107 Å². The maximum atomic E-state index is 13.8. The van der Waals surface area contributed by atoms with E-state index in [1.807, 2.05) is 6.07 Å². The summed E-state index contributed by atoms with van der Waals surface area (Å²) in [6.07, 6.45) is 6.56. The third-order valence-electron chi connectivity index (χ3n) is 7.32. The minimum atomic E-state index is -2.85. The van der Waals surface area contributed by atoms with Crippen molar-refractivity contribution in [2.24, 2.45) is 5.92 Å². The van der Waals surface area contributed by atoms with E-state index < -0.39 is 18.0 Å². The molecule has 1 N–H and O–H groups in total. The lowest BCUT2D eigenvalue weighted by atomic mass is 9.87. The molecule has 0 radical (unpaired) electrons. The number of nitrogens with zero attached hydrogens (tertiary/aromatic N) is 6. The number of hydrogen-bond acceptors (Lipinski definition) is 7. The fraction of sp³-hybridized carbons (Fsp3) is 0.522. The Bertz CT molecular complexity index is 1270. The number of alkyl halides is 2. The van der Waals surface area contributed by atoms with Gasteiger partial charge in [-0.05, 0) is 38.2 Å². The Kier molecular flexibility index (Phi) is 5.47. The van der Waals surface area contributed by atoms with Gasteiger partial charge in [0.05, 0.1) is 36.7 Å². The first-order valence-electron chi connectivity index (χ1n) is 11.9. The standard InChI is InChI=1S/C23H25F2N7O3/c24-21(25)20-18(10-32(29-20)14-3-1-13(11-33)2-4-14)27-23(34)17-8-26-31-6-5-19(28-22(17)31)30-9-16-7-15(30)12-35-16/h5-6,8,10-11,13-16,21H,1-4,7,9,12H2,(H,27,34)/t13-,14-,15?,16?. The lowest BCUT2D eigenvalue weighted by Crippen LogP contribution is -2.37. The second kappa shape index (κ2) is 8.67. The van der Waals surface area contributed by atoms with Gasteiger partial charge in [0, 0.05) is 24.9 Å². The van der Waals surface area contributed by atoms with Crippen LogP contribution in [-0.2, 0) is 9.53 Å². The molecule has 5 heterocycles. The minimum absolute atomic E-state index is 0.00632. The number of aldehydes is 1. The number of carbonyl (C=O) groups excluding carboxylic acids is 2. The quantitative estimate of drug-likeness (QED) is 0.535. The molecule has 12 heteroatoms. The van der Waals surface area contributed by atoms with E-state index in [0.29, 0.717) is 37.9 Å². The van der Waals surface area contributed by atoms with E-state index in [9.17, 15) is 18.4 Å². The molecule has 3 aromatic rings. The van der Waals surface area contributed by atoms with Gasteiger partial charge in [-0.25, -0.2) is 18.3 Å². The van der Waals surface area contributed by atoms with Gasteiger partial charge in [0.1, 0.15) is 17.7 Å². The third-order valence-corrected chi connectivity index (χ3v) is 7.32. The summed E-state index contributed by atoms with van der Waals surface area (Å²) >= 11 is 0. The summed E-state index contributed by atoms with van der Waals surface area (Å²) in [6, 6.07) is 2.02. The highest BCUT2D eigenvalue weighted by atomic mass is 19.3. The van der Waals surface area contributed by atoms with Gasteiger partial charge in [0.2, 0.25) is 0 Å². The molecular weight excluding hydrogens is 460 g/mol. The molecule has 2 atom stereocenters. The number of halogens is 2. The smallest absolute Gasteiger partial charge is 0.284 e. The Morgan fingerprint density at radius 2 is 2.06 bits per heavy atom. The summed E-state index contributed by atoms with van der Waals surface area (Å²) < 4.78 is 36.1. The van der Waals surface area contributed by atoms with E-state index in [1.165, 1.54) is 21.6 Å².